The molecule has 0 unspecified atom stereocenters. The molecule has 0 fully saturated rings. The molecule has 3 rings (SSSR count). The van der Waals surface area contributed by atoms with Crippen LogP contribution in [0.3, 0.4) is 0 Å². The molecule has 3 aromatic rings. The second-order valence-electron chi connectivity index (χ2n) is 6.12. The molecule has 2 aromatic heterocycles. The lowest BCUT2D eigenvalue weighted by Gasteiger charge is -2.18. The number of aromatic nitrogens is 3. The van der Waals surface area contributed by atoms with Crippen molar-refractivity contribution < 1.29 is 8.96 Å². The summed E-state index contributed by atoms with van der Waals surface area (Å²) < 4.78 is 28.3. The van der Waals surface area contributed by atoms with Crippen molar-refractivity contribution in [3.8, 4) is 0 Å². The van der Waals surface area contributed by atoms with Crippen molar-refractivity contribution in [2.45, 2.75) is 13.3 Å². The molecule has 136 valence electrons. The first kappa shape index (κ1) is 19.2. The lowest BCUT2D eigenvalue weighted by molar-refractivity contribution is 0.588. The number of nitrogens with one attached hydrogen (secondary N) is 1. The molecule has 0 spiro atoms. The molecule has 1 aromatic carbocycles. The van der Waals surface area contributed by atoms with E-state index in [4.69, 9.17) is 11.6 Å². The van der Waals surface area contributed by atoms with Gasteiger partial charge in [0.05, 0.1) is 10.2 Å². The van der Waals surface area contributed by atoms with Gasteiger partial charge in [0, 0.05) is 28.6 Å². The Morgan fingerprint density at radius 1 is 1.31 bits per heavy atom. The average molecular weight is 458 g/mol. The van der Waals surface area contributed by atoms with E-state index in [2.05, 4.69) is 36.2 Å². The minimum atomic E-state index is -2.77. The first-order chi connectivity index (χ1) is 12.2. The normalized spacial score (nSPS) is 11.8. The fourth-order valence-electron chi connectivity index (χ4n) is 2.71. The van der Waals surface area contributed by atoms with E-state index < -0.39 is 13.0 Å². The summed E-state index contributed by atoms with van der Waals surface area (Å²) in [6.07, 6.45) is 2.17. The third-order valence-corrected chi connectivity index (χ3v) is 6.15. The van der Waals surface area contributed by atoms with Gasteiger partial charge in [-0.05, 0) is 53.3 Å². The minimum Gasteiger partial charge on any atom is -0.338 e. The molecule has 1 N–H and O–H groups in total. The number of hydrogen-bond acceptors (Lipinski definition) is 5. The Morgan fingerprint density at radius 3 is 2.69 bits per heavy atom. The van der Waals surface area contributed by atoms with Gasteiger partial charge in [0.25, 0.3) is 0 Å². The van der Waals surface area contributed by atoms with Crippen LogP contribution in [0.25, 0.3) is 10.9 Å². The van der Waals surface area contributed by atoms with E-state index in [1.807, 2.05) is 13.0 Å². The summed E-state index contributed by atoms with van der Waals surface area (Å²) >= 11 is 9.18. The molecule has 5 nitrogen and oxygen atoms in total. The predicted molar refractivity (Wildman–Crippen MR) is 108 cm³/mol. The molecule has 2 heterocycles. The Labute approximate surface area is 163 Å². The van der Waals surface area contributed by atoms with Gasteiger partial charge in [0.1, 0.15) is 18.5 Å². The van der Waals surface area contributed by atoms with Gasteiger partial charge in [0.2, 0.25) is 5.28 Å². The van der Waals surface area contributed by atoms with Crippen molar-refractivity contribution in [2.75, 3.05) is 18.6 Å². The van der Waals surface area contributed by atoms with Gasteiger partial charge in [0.15, 0.2) is 5.82 Å². The SMILES string of the molecule is CCc1ccc2c(P(C)(C)=O)c(Nc3nc(Cl)ncc3Br)cc(F)c2n1. The van der Waals surface area contributed by atoms with Crippen LogP contribution in [0.2, 0.25) is 5.28 Å². The summed E-state index contributed by atoms with van der Waals surface area (Å²) in [5, 5.41) is 4.11. The zero-order chi connectivity index (χ0) is 19.1. The second-order valence-corrected chi connectivity index (χ2v) is 10.5. The summed E-state index contributed by atoms with van der Waals surface area (Å²) in [5.41, 5.74) is 1.36. The number of halogens is 3. The number of aryl methyl sites for hydroxylation is 1. The molecule has 0 radical (unpaired) electrons. The summed E-state index contributed by atoms with van der Waals surface area (Å²) in [5.74, 6) is -0.136. The van der Waals surface area contributed by atoms with Crippen LogP contribution in [0.15, 0.2) is 28.9 Å². The number of benzene rings is 1. The maximum Gasteiger partial charge on any atom is 0.224 e. The number of pyridine rings is 1. The van der Waals surface area contributed by atoms with E-state index in [0.717, 1.165) is 5.69 Å². The highest BCUT2D eigenvalue weighted by Gasteiger charge is 2.23. The van der Waals surface area contributed by atoms with Crippen LogP contribution < -0.4 is 10.6 Å². The van der Waals surface area contributed by atoms with Gasteiger partial charge in [-0.1, -0.05) is 13.0 Å². The molecule has 0 saturated carbocycles. The fourth-order valence-corrected chi connectivity index (χ4v) is 4.60. The Kier molecular flexibility index (Phi) is 5.33. The third-order valence-electron chi connectivity index (χ3n) is 3.83. The zero-order valence-electron chi connectivity index (χ0n) is 14.3. The standard InChI is InChI=1S/C17H16BrClFN4OP/c1-4-9-5-6-10-14(22-9)12(20)7-13(15(10)26(2,3)25)23-16-11(18)8-21-17(19)24-16/h5-8H,4H2,1-3H3,(H,21,23,24). The fraction of sp³-hybridized carbons (Fsp3) is 0.235. The Morgan fingerprint density at radius 2 is 2.04 bits per heavy atom. The maximum atomic E-state index is 14.8. The smallest absolute Gasteiger partial charge is 0.224 e. The Balaban J connectivity index is 2.28. The minimum absolute atomic E-state index is 0.0453. The van der Waals surface area contributed by atoms with Gasteiger partial charge in [-0.25, -0.2) is 14.4 Å². The van der Waals surface area contributed by atoms with Crippen LogP contribution in [0, 0.1) is 5.82 Å². The highest BCUT2D eigenvalue weighted by atomic mass is 79.9. The van der Waals surface area contributed by atoms with E-state index in [1.54, 1.807) is 19.4 Å². The van der Waals surface area contributed by atoms with Gasteiger partial charge in [-0.3, -0.25) is 0 Å². The number of nitrogens with zero attached hydrogens (tertiary/aromatic N) is 3. The molecule has 0 aliphatic carbocycles. The quantitative estimate of drug-likeness (QED) is 0.434. The molecule has 0 atom stereocenters. The summed E-state index contributed by atoms with van der Waals surface area (Å²) in [4.78, 5) is 12.3. The van der Waals surface area contributed by atoms with E-state index in [-0.39, 0.29) is 10.8 Å². The van der Waals surface area contributed by atoms with E-state index in [1.165, 1.54) is 12.3 Å². The lowest BCUT2D eigenvalue weighted by Crippen LogP contribution is -2.14. The van der Waals surface area contributed by atoms with E-state index >= 15 is 0 Å². The van der Waals surface area contributed by atoms with Crippen LogP contribution in [-0.4, -0.2) is 28.3 Å². The monoisotopic (exact) mass is 456 g/mol. The highest BCUT2D eigenvalue weighted by Crippen LogP contribution is 2.42. The topological polar surface area (TPSA) is 67.8 Å². The lowest BCUT2D eigenvalue weighted by atomic mass is 10.1. The molecule has 9 heteroatoms. The van der Waals surface area contributed by atoms with Crippen LogP contribution in [0.1, 0.15) is 12.6 Å². The number of anilines is 2. The summed E-state index contributed by atoms with van der Waals surface area (Å²) in [6.45, 7) is 5.23. The molecule has 26 heavy (non-hydrogen) atoms. The number of rotatable bonds is 4. The molecule has 0 saturated heterocycles. The van der Waals surface area contributed by atoms with Crippen LogP contribution in [0.4, 0.5) is 15.9 Å². The molecular weight excluding hydrogens is 442 g/mol. The third kappa shape index (κ3) is 3.75. The van der Waals surface area contributed by atoms with Crippen molar-refractivity contribution >= 4 is 62.4 Å². The summed E-state index contributed by atoms with van der Waals surface area (Å²) in [6, 6.07) is 4.89. The second kappa shape index (κ2) is 7.22. The number of fused-ring (bicyclic) bond motifs is 1. The largest absolute Gasteiger partial charge is 0.338 e. The van der Waals surface area contributed by atoms with Gasteiger partial charge in [-0.2, -0.15) is 4.98 Å². The number of hydrogen-bond donors (Lipinski definition) is 1. The van der Waals surface area contributed by atoms with Crippen molar-refractivity contribution in [1.29, 1.82) is 0 Å². The molecular formula is C17H16BrClFN4OP. The zero-order valence-corrected chi connectivity index (χ0v) is 17.6. The van der Waals surface area contributed by atoms with Gasteiger partial charge < -0.3 is 9.88 Å². The summed E-state index contributed by atoms with van der Waals surface area (Å²) in [7, 11) is -2.77. The van der Waals surface area contributed by atoms with Crippen LogP contribution in [-0.2, 0) is 11.0 Å². The Hall–Kier alpha value is -1.56. The first-order valence-corrected chi connectivity index (χ1v) is 11.6. The maximum absolute atomic E-state index is 14.8. The molecule has 0 aliphatic heterocycles. The molecule has 0 amide bonds. The van der Waals surface area contributed by atoms with Gasteiger partial charge in [-0.15, -0.1) is 0 Å². The van der Waals surface area contributed by atoms with E-state index in [0.29, 0.717) is 33.1 Å². The van der Waals surface area contributed by atoms with E-state index in [9.17, 15) is 8.96 Å². The molecule has 0 bridgehead atoms. The van der Waals surface area contributed by atoms with Crippen molar-refractivity contribution in [1.82, 2.24) is 15.0 Å². The average Bonchev–Trinajstić information content (AvgIpc) is 2.57. The van der Waals surface area contributed by atoms with Crippen LogP contribution in [0.5, 0.6) is 0 Å². The highest BCUT2D eigenvalue weighted by molar-refractivity contribution is 9.10. The predicted octanol–water partition coefficient (Wildman–Crippen LogP) is 5.13. The van der Waals surface area contributed by atoms with Crippen molar-refractivity contribution in [3.05, 3.63) is 45.7 Å². The first-order valence-electron chi connectivity index (χ1n) is 7.83. The van der Waals surface area contributed by atoms with Crippen LogP contribution >= 0.6 is 34.7 Å². The Bertz CT molecular complexity index is 1060. The molecule has 0 aliphatic rings. The van der Waals surface area contributed by atoms with Gasteiger partial charge >= 0.3 is 0 Å². The van der Waals surface area contributed by atoms with Crippen molar-refractivity contribution in [2.24, 2.45) is 0 Å². The van der Waals surface area contributed by atoms with Crippen molar-refractivity contribution in [3.63, 3.8) is 0 Å².